The highest BCUT2D eigenvalue weighted by Crippen LogP contribution is 2.58. The molecular weight excluding hydrogens is 214 g/mol. The first-order valence-corrected chi connectivity index (χ1v) is 6.79. The maximum absolute atomic E-state index is 11.6. The highest BCUT2D eigenvalue weighted by Gasteiger charge is 2.54. The van der Waals surface area contributed by atoms with Gasteiger partial charge in [-0.1, -0.05) is 0 Å². The minimum absolute atomic E-state index is 0.0146. The normalized spacial score (nSPS) is 47.8. The fourth-order valence-electron chi connectivity index (χ4n) is 5.09. The van der Waals surface area contributed by atoms with Crippen LogP contribution in [-0.4, -0.2) is 28.7 Å². The van der Waals surface area contributed by atoms with Crippen molar-refractivity contribution < 1.29 is 4.79 Å². The molecule has 2 N–H and O–H groups in total. The lowest BCUT2D eigenvalue weighted by molar-refractivity contribution is -0.119. The maximum Gasteiger partial charge on any atom is 0.220 e. The molecule has 0 saturated heterocycles. The van der Waals surface area contributed by atoms with E-state index in [9.17, 15) is 4.79 Å². The zero-order valence-corrected chi connectivity index (χ0v) is 10.1. The summed E-state index contributed by atoms with van der Waals surface area (Å²) in [5.74, 6) is 2.89. The van der Waals surface area contributed by atoms with Crippen LogP contribution in [0.2, 0.25) is 0 Å². The topological polar surface area (TPSA) is 58.7 Å². The average molecular weight is 233 g/mol. The Kier molecular flexibility index (Phi) is 1.77. The van der Waals surface area contributed by atoms with Crippen LogP contribution < -0.4 is 5.73 Å². The molecular formula is C13H19N3O. The van der Waals surface area contributed by atoms with E-state index in [0.29, 0.717) is 6.54 Å². The molecule has 4 bridgehead atoms. The highest BCUT2D eigenvalue weighted by atomic mass is 16.1. The summed E-state index contributed by atoms with van der Waals surface area (Å²) < 4.78 is 0. The monoisotopic (exact) mass is 233 g/mol. The Labute approximate surface area is 101 Å². The predicted molar refractivity (Wildman–Crippen MR) is 64.2 cm³/mol. The predicted octanol–water partition coefficient (Wildman–Crippen LogP) is 1.11. The van der Waals surface area contributed by atoms with Crippen LogP contribution >= 0.6 is 0 Å². The first-order valence-electron chi connectivity index (χ1n) is 6.79. The SMILES string of the molecule is NC1=NN(C23CC4CC(CC(C4)C2)C3)CC1=O. The van der Waals surface area contributed by atoms with Crippen LogP contribution in [0.1, 0.15) is 38.5 Å². The molecule has 4 nitrogen and oxygen atoms in total. The molecule has 0 radical (unpaired) electrons. The summed E-state index contributed by atoms with van der Waals surface area (Å²) in [5.41, 5.74) is 5.83. The summed E-state index contributed by atoms with van der Waals surface area (Å²) in [4.78, 5) is 11.6. The molecule has 92 valence electrons. The third-order valence-electron chi connectivity index (χ3n) is 5.36. The van der Waals surface area contributed by atoms with Gasteiger partial charge in [0, 0.05) is 0 Å². The summed E-state index contributed by atoms with van der Waals surface area (Å²) in [5, 5.41) is 6.39. The molecule has 17 heavy (non-hydrogen) atoms. The van der Waals surface area contributed by atoms with Gasteiger partial charge in [0.2, 0.25) is 5.78 Å². The lowest BCUT2D eigenvalue weighted by atomic mass is 9.53. The Bertz CT molecular complexity index is 380. The Morgan fingerprint density at radius 3 is 2.06 bits per heavy atom. The Morgan fingerprint density at radius 1 is 1.12 bits per heavy atom. The fourth-order valence-corrected chi connectivity index (χ4v) is 5.09. The average Bonchev–Trinajstić information content (AvgIpc) is 2.58. The number of nitrogens with two attached hydrogens (primary N) is 1. The number of Topliss-reactive ketones (excluding diaryl/α,β-unsaturated/α-hetero) is 1. The van der Waals surface area contributed by atoms with Gasteiger partial charge in [0.25, 0.3) is 0 Å². The molecule has 0 atom stereocenters. The van der Waals surface area contributed by atoms with E-state index in [1.165, 1.54) is 38.5 Å². The van der Waals surface area contributed by atoms with E-state index in [2.05, 4.69) is 10.1 Å². The molecule has 5 aliphatic rings. The zero-order chi connectivity index (χ0) is 11.6. The maximum atomic E-state index is 11.6. The molecule has 0 amide bonds. The van der Waals surface area contributed by atoms with Crippen LogP contribution in [0, 0.1) is 17.8 Å². The molecule has 4 heteroatoms. The number of carbonyl (C=O) groups excluding carboxylic acids is 1. The Hall–Kier alpha value is -1.06. The number of amidine groups is 1. The van der Waals surface area contributed by atoms with Crippen LogP contribution in [-0.2, 0) is 4.79 Å². The van der Waals surface area contributed by atoms with Gasteiger partial charge in [0.1, 0.15) is 6.54 Å². The van der Waals surface area contributed by atoms with Crippen LogP contribution in [0.25, 0.3) is 0 Å². The van der Waals surface area contributed by atoms with E-state index in [1.807, 2.05) is 0 Å². The van der Waals surface area contributed by atoms with Crippen molar-refractivity contribution in [2.24, 2.45) is 28.6 Å². The third-order valence-corrected chi connectivity index (χ3v) is 5.36. The lowest BCUT2D eigenvalue weighted by Crippen LogP contribution is -2.58. The smallest absolute Gasteiger partial charge is 0.220 e. The molecule has 4 fully saturated rings. The molecule has 1 aliphatic heterocycles. The summed E-state index contributed by atoms with van der Waals surface area (Å²) in [6.07, 6.45) is 7.97. The summed E-state index contributed by atoms with van der Waals surface area (Å²) in [7, 11) is 0. The summed E-state index contributed by atoms with van der Waals surface area (Å²) in [6.45, 7) is 0.429. The number of hydrogen-bond donors (Lipinski definition) is 1. The second-order valence-corrected chi connectivity index (χ2v) is 6.61. The van der Waals surface area contributed by atoms with Crippen molar-refractivity contribution in [2.75, 3.05) is 6.54 Å². The van der Waals surface area contributed by atoms with E-state index in [4.69, 9.17) is 5.73 Å². The van der Waals surface area contributed by atoms with Gasteiger partial charge < -0.3 is 5.73 Å². The van der Waals surface area contributed by atoms with E-state index in [0.717, 1.165) is 17.8 Å². The first kappa shape index (κ1) is 9.92. The van der Waals surface area contributed by atoms with E-state index in [1.54, 1.807) is 0 Å². The van der Waals surface area contributed by atoms with Crippen molar-refractivity contribution in [1.29, 1.82) is 0 Å². The molecule has 1 heterocycles. The van der Waals surface area contributed by atoms with Crippen LogP contribution in [0.5, 0.6) is 0 Å². The van der Waals surface area contributed by atoms with Crippen LogP contribution in [0.4, 0.5) is 0 Å². The minimum Gasteiger partial charge on any atom is -0.379 e. The molecule has 5 rings (SSSR count). The van der Waals surface area contributed by atoms with Gasteiger partial charge in [-0.3, -0.25) is 9.80 Å². The number of hydrazone groups is 1. The van der Waals surface area contributed by atoms with E-state index in [-0.39, 0.29) is 17.2 Å². The van der Waals surface area contributed by atoms with Crippen molar-refractivity contribution in [3.8, 4) is 0 Å². The van der Waals surface area contributed by atoms with Gasteiger partial charge in [0.05, 0.1) is 5.54 Å². The number of ketones is 1. The van der Waals surface area contributed by atoms with Crippen molar-refractivity contribution in [2.45, 2.75) is 44.1 Å². The van der Waals surface area contributed by atoms with E-state index < -0.39 is 0 Å². The zero-order valence-electron chi connectivity index (χ0n) is 10.1. The van der Waals surface area contributed by atoms with Crippen LogP contribution in [0.3, 0.4) is 0 Å². The van der Waals surface area contributed by atoms with Gasteiger partial charge in [-0.15, -0.1) is 0 Å². The Balaban J connectivity index is 1.67. The van der Waals surface area contributed by atoms with Gasteiger partial charge in [-0.25, -0.2) is 0 Å². The summed E-state index contributed by atoms with van der Waals surface area (Å²) in [6, 6.07) is 0. The van der Waals surface area contributed by atoms with Gasteiger partial charge in [-0.2, -0.15) is 5.10 Å². The first-order chi connectivity index (χ1) is 8.14. The second kappa shape index (κ2) is 3.03. The number of rotatable bonds is 1. The quantitative estimate of drug-likeness (QED) is 0.738. The molecule has 0 aromatic heterocycles. The Morgan fingerprint density at radius 2 is 1.65 bits per heavy atom. The second-order valence-electron chi connectivity index (χ2n) is 6.61. The van der Waals surface area contributed by atoms with Crippen LogP contribution in [0.15, 0.2) is 5.10 Å². The largest absolute Gasteiger partial charge is 0.379 e. The van der Waals surface area contributed by atoms with Crippen molar-refractivity contribution in [1.82, 2.24) is 5.01 Å². The third kappa shape index (κ3) is 1.30. The summed E-state index contributed by atoms with van der Waals surface area (Å²) >= 11 is 0. The molecule has 4 aliphatic carbocycles. The lowest BCUT2D eigenvalue weighted by Gasteiger charge is -2.58. The molecule has 0 spiro atoms. The van der Waals surface area contributed by atoms with Crippen molar-refractivity contribution in [3.05, 3.63) is 0 Å². The number of nitrogens with zero attached hydrogens (tertiary/aromatic N) is 2. The van der Waals surface area contributed by atoms with Gasteiger partial charge in [0.15, 0.2) is 5.84 Å². The van der Waals surface area contributed by atoms with Gasteiger partial charge >= 0.3 is 0 Å². The highest BCUT2D eigenvalue weighted by molar-refractivity contribution is 6.40. The van der Waals surface area contributed by atoms with Crippen molar-refractivity contribution in [3.63, 3.8) is 0 Å². The number of hydrogen-bond acceptors (Lipinski definition) is 4. The molecule has 4 saturated carbocycles. The molecule has 0 aromatic rings. The molecule has 0 aromatic carbocycles. The molecule has 0 unspecified atom stereocenters. The van der Waals surface area contributed by atoms with Crippen molar-refractivity contribution >= 4 is 11.6 Å². The fraction of sp³-hybridized carbons (Fsp3) is 0.846. The number of carbonyl (C=O) groups is 1. The van der Waals surface area contributed by atoms with E-state index >= 15 is 0 Å². The standard InChI is InChI=1S/C13H19N3O/c14-12-11(17)7-16(15-12)13-4-8-1-9(5-13)3-10(2-8)6-13/h8-10H,1-7H2,(H2,14,15). The minimum atomic E-state index is 0.0146. The van der Waals surface area contributed by atoms with Gasteiger partial charge in [-0.05, 0) is 56.3 Å².